The normalized spacial score (nSPS) is 15.9. The molecule has 0 spiro atoms. The van der Waals surface area contributed by atoms with Gasteiger partial charge in [-0.25, -0.2) is 0 Å². The van der Waals surface area contributed by atoms with E-state index in [9.17, 15) is 19.7 Å². The molecular weight excluding hydrogens is 340 g/mol. The van der Waals surface area contributed by atoms with Gasteiger partial charge in [-0.1, -0.05) is 36.4 Å². The number of imide groups is 1. The van der Waals surface area contributed by atoms with Gasteiger partial charge in [-0.15, -0.1) is 0 Å². The van der Waals surface area contributed by atoms with Crippen LogP contribution in [0.15, 0.2) is 53.4 Å². The molecule has 7 heteroatoms. The van der Waals surface area contributed by atoms with Crippen LogP contribution in [0.2, 0.25) is 0 Å². The number of hydrogen-bond acceptors (Lipinski definition) is 5. The van der Waals surface area contributed by atoms with Crippen LogP contribution in [0.3, 0.4) is 0 Å². The second-order valence-electron chi connectivity index (χ2n) is 5.55. The number of thioether (sulfide) groups is 1. The molecule has 0 radical (unpaired) electrons. The van der Waals surface area contributed by atoms with Crippen LogP contribution in [0.25, 0.3) is 6.08 Å². The van der Waals surface area contributed by atoms with Crippen LogP contribution in [-0.4, -0.2) is 21.0 Å². The molecule has 0 bridgehead atoms. The zero-order valence-electron chi connectivity index (χ0n) is 13.3. The van der Waals surface area contributed by atoms with Gasteiger partial charge in [-0.05, 0) is 41.5 Å². The summed E-state index contributed by atoms with van der Waals surface area (Å²) in [5.41, 5.74) is 2.54. The van der Waals surface area contributed by atoms with E-state index in [1.54, 1.807) is 18.2 Å². The van der Waals surface area contributed by atoms with E-state index in [0.717, 1.165) is 27.8 Å². The van der Waals surface area contributed by atoms with Gasteiger partial charge in [-0.2, -0.15) is 0 Å². The van der Waals surface area contributed by atoms with Crippen molar-refractivity contribution in [1.82, 2.24) is 4.90 Å². The van der Waals surface area contributed by atoms with Crippen molar-refractivity contribution in [2.45, 2.75) is 13.5 Å². The molecular formula is C18H14N2O4S. The standard InChI is InChI=1S/C18H14N2O4S/c1-12-4-2-3-5-14(12)10-16-17(21)19(18(22)25-16)11-13-6-8-15(9-7-13)20(23)24/h2-10H,11H2,1H3/b16-10+. The Balaban J connectivity index is 1.80. The first-order valence-electron chi connectivity index (χ1n) is 7.50. The number of aryl methyl sites for hydroxylation is 1. The number of amides is 2. The van der Waals surface area contributed by atoms with E-state index >= 15 is 0 Å². The van der Waals surface area contributed by atoms with Gasteiger partial charge in [0.15, 0.2) is 0 Å². The number of benzene rings is 2. The topological polar surface area (TPSA) is 80.5 Å². The molecule has 0 unspecified atom stereocenters. The maximum absolute atomic E-state index is 12.5. The molecule has 0 aromatic heterocycles. The Hall–Kier alpha value is -2.93. The van der Waals surface area contributed by atoms with Crippen LogP contribution in [0.1, 0.15) is 16.7 Å². The molecule has 1 fully saturated rings. The molecule has 2 amide bonds. The zero-order chi connectivity index (χ0) is 18.0. The van der Waals surface area contributed by atoms with Gasteiger partial charge in [0.2, 0.25) is 0 Å². The fraction of sp³-hybridized carbons (Fsp3) is 0.111. The van der Waals surface area contributed by atoms with E-state index < -0.39 is 4.92 Å². The van der Waals surface area contributed by atoms with Gasteiger partial charge in [-0.3, -0.25) is 24.6 Å². The fourth-order valence-corrected chi connectivity index (χ4v) is 3.26. The Morgan fingerprint density at radius 3 is 2.44 bits per heavy atom. The van der Waals surface area contributed by atoms with Crippen molar-refractivity contribution in [3.8, 4) is 0 Å². The Kier molecular flexibility index (Phi) is 4.67. The summed E-state index contributed by atoms with van der Waals surface area (Å²) >= 11 is 0.903. The summed E-state index contributed by atoms with van der Waals surface area (Å²) in [7, 11) is 0. The molecule has 1 heterocycles. The van der Waals surface area contributed by atoms with Crippen LogP contribution in [0.4, 0.5) is 10.5 Å². The van der Waals surface area contributed by atoms with Gasteiger partial charge in [0, 0.05) is 12.1 Å². The van der Waals surface area contributed by atoms with Crippen molar-refractivity contribution < 1.29 is 14.5 Å². The summed E-state index contributed by atoms with van der Waals surface area (Å²) in [5, 5.41) is 10.3. The molecule has 0 aliphatic carbocycles. The van der Waals surface area contributed by atoms with Gasteiger partial charge in [0.1, 0.15) is 0 Å². The van der Waals surface area contributed by atoms with Crippen LogP contribution in [0.5, 0.6) is 0 Å². The number of nitrogens with zero attached hydrogens (tertiary/aromatic N) is 2. The highest BCUT2D eigenvalue weighted by molar-refractivity contribution is 8.18. The maximum atomic E-state index is 12.5. The molecule has 0 saturated carbocycles. The third kappa shape index (κ3) is 3.61. The number of nitro groups is 1. The Morgan fingerprint density at radius 1 is 1.12 bits per heavy atom. The lowest BCUT2D eigenvalue weighted by Gasteiger charge is -2.12. The van der Waals surface area contributed by atoms with Gasteiger partial charge >= 0.3 is 0 Å². The minimum atomic E-state index is -0.491. The highest BCUT2D eigenvalue weighted by atomic mass is 32.2. The number of carbonyl (C=O) groups excluding carboxylic acids is 2. The SMILES string of the molecule is Cc1ccccc1/C=C1/SC(=O)N(Cc2ccc([N+](=O)[O-])cc2)C1=O. The predicted molar refractivity (Wildman–Crippen MR) is 95.8 cm³/mol. The Morgan fingerprint density at radius 2 is 1.80 bits per heavy atom. The molecule has 1 saturated heterocycles. The first-order chi connectivity index (χ1) is 12.0. The van der Waals surface area contributed by atoms with Crippen molar-refractivity contribution >= 4 is 34.7 Å². The van der Waals surface area contributed by atoms with Crippen molar-refractivity contribution in [1.29, 1.82) is 0 Å². The van der Waals surface area contributed by atoms with Gasteiger partial charge < -0.3 is 0 Å². The number of carbonyl (C=O) groups is 2. The minimum Gasteiger partial charge on any atom is -0.268 e. The lowest BCUT2D eigenvalue weighted by atomic mass is 10.1. The highest BCUT2D eigenvalue weighted by Crippen LogP contribution is 2.33. The zero-order valence-corrected chi connectivity index (χ0v) is 14.2. The van der Waals surface area contributed by atoms with Crippen molar-refractivity contribution in [2.75, 3.05) is 0 Å². The van der Waals surface area contributed by atoms with Crippen LogP contribution in [0, 0.1) is 17.0 Å². The van der Waals surface area contributed by atoms with E-state index in [1.807, 2.05) is 31.2 Å². The predicted octanol–water partition coefficient (Wildman–Crippen LogP) is 4.14. The minimum absolute atomic E-state index is 0.0302. The van der Waals surface area contributed by atoms with Crippen LogP contribution >= 0.6 is 11.8 Å². The average Bonchev–Trinajstić information content (AvgIpc) is 2.85. The molecule has 3 rings (SSSR count). The summed E-state index contributed by atoms with van der Waals surface area (Å²) in [6.45, 7) is 2.03. The summed E-state index contributed by atoms with van der Waals surface area (Å²) in [6.07, 6.45) is 1.72. The lowest BCUT2D eigenvalue weighted by molar-refractivity contribution is -0.384. The van der Waals surface area contributed by atoms with Gasteiger partial charge in [0.05, 0.1) is 16.4 Å². The molecule has 6 nitrogen and oxygen atoms in total. The summed E-state index contributed by atoms with van der Waals surface area (Å²) in [4.78, 5) is 36.4. The third-order valence-corrected chi connectivity index (χ3v) is 4.74. The second kappa shape index (κ2) is 6.90. The van der Waals surface area contributed by atoms with E-state index in [1.165, 1.54) is 12.1 Å². The molecule has 2 aromatic rings. The second-order valence-corrected chi connectivity index (χ2v) is 6.54. The van der Waals surface area contributed by atoms with E-state index in [-0.39, 0.29) is 23.4 Å². The van der Waals surface area contributed by atoms with E-state index in [2.05, 4.69) is 0 Å². The maximum Gasteiger partial charge on any atom is 0.293 e. The largest absolute Gasteiger partial charge is 0.293 e. The number of non-ortho nitro benzene ring substituents is 1. The monoisotopic (exact) mass is 354 g/mol. The molecule has 1 aliphatic rings. The molecule has 0 atom stereocenters. The van der Waals surface area contributed by atoms with Crippen LogP contribution < -0.4 is 0 Å². The molecule has 2 aromatic carbocycles. The van der Waals surface area contributed by atoms with Gasteiger partial charge in [0.25, 0.3) is 16.8 Å². The molecule has 126 valence electrons. The quantitative estimate of drug-likeness (QED) is 0.468. The van der Waals surface area contributed by atoms with E-state index in [0.29, 0.717) is 10.5 Å². The van der Waals surface area contributed by atoms with Crippen LogP contribution in [-0.2, 0) is 11.3 Å². The molecule has 1 aliphatic heterocycles. The number of rotatable bonds is 4. The summed E-state index contributed by atoms with van der Waals surface area (Å²) < 4.78 is 0. The van der Waals surface area contributed by atoms with Crippen molar-refractivity contribution in [3.05, 3.63) is 80.2 Å². The van der Waals surface area contributed by atoms with E-state index in [4.69, 9.17) is 0 Å². The number of hydrogen-bond donors (Lipinski definition) is 0. The summed E-state index contributed by atoms with van der Waals surface area (Å²) in [6, 6.07) is 13.4. The lowest BCUT2D eigenvalue weighted by Crippen LogP contribution is -2.27. The summed E-state index contributed by atoms with van der Waals surface area (Å²) in [5.74, 6) is -0.350. The Bertz CT molecular complexity index is 890. The molecule has 25 heavy (non-hydrogen) atoms. The third-order valence-electron chi connectivity index (χ3n) is 3.84. The smallest absolute Gasteiger partial charge is 0.268 e. The van der Waals surface area contributed by atoms with Crippen molar-refractivity contribution in [3.63, 3.8) is 0 Å². The first kappa shape index (κ1) is 16.9. The average molecular weight is 354 g/mol. The van der Waals surface area contributed by atoms with Crippen molar-refractivity contribution in [2.24, 2.45) is 0 Å². The fourth-order valence-electron chi connectivity index (χ4n) is 2.43. The highest BCUT2D eigenvalue weighted by Gasteiger charge is 2.35. The molecule has 0 N–H and O–H groups in total. The number of nitro benzene ring substituents is 1. The Labute approximate surface area is 148 Å². The first-order valence-corrected chi connectivity index (χ1v) is 8.31.